The zero-order valence-electron chi connectivity index (χ0n) is 14.1. The molecule has 130 valence electrons. The summed E-state index contributed by atoms with van der Waals surface area (Å²) < 4.78 is 5.82. The molecule has 25 heavy (non-hydrogen) atoms. The molecule has 1 fully saturated rings. The molecule has 0 unspecified atom stereocenters. The van der Waals surface area contributed by atoms with Gasteiger partial charge in [0, 0.05) is 31.6 Å². The number of benzene rings is 1. The van der Waals surface area contributed by atoms with Crippen LogP contribution in [-0.4, -0.2) is 47.0 Å². The third kappa shape index (κ3) is 3.24. The molecule has 6 nitrogen and oxygen atoms in total. The first-order valence-corrected chi connectivity index (χ1v) is 9.47. The van der Waals surface area contributed by atoms with Crippen LogP contribution in [0.25, 0.3) is 11.1 Å². The number of carbonyl (C=O) groups is 1. The Morgan fingerprint density at radius 1 is 1.20 bits per heavy atom. The van der Waals surface area contributed by atoms with Crippen LogP contribution in [0.1, 0.15) is 28.8 Å². The Kier molecular flexibility index (Phi) is 4.40. The van der Waals surface area contributed by atoms with Gasteiger partial charge in [-0.05, 0) is 25.0 Å². The number of anilines is 1. The van der Waals surface area contributed by atoms with Crippen LogP contribution in [0.2, 0.25) is 0 Å². The lowest BCUT2D eigenvalue weighted by Crippen LogP contribution is -2.49. The summed E-state index contributed by atoms with van der Waals surface area (Å²) in [7, 11) is 0. The largest absolute Gasteiger partial charge is 0.423 e. The smallest absolute Gasteiger partial charge is 0.298 e. The predicted octanol–water partition coefficient (Wildman–Crippen LogP) is 3.20. The van der Waals surface area contributed by atoms with Crippen molar-refractivity contribution in [2.75, 3.05) is 31.1 Å². The number of fused-ring (bicyclic) bond motifs is 1. The number of piperazine rings is 1. The highest BCUT2D eigenvalue weighted by Crippen LogP contribution is 2.23. The molecule has 4 rings (SSSR count). The molecule has 0 aliphatic carbocycles. The lowest BCUT2D eigenvalue weighted by Gasteiger charge is -2.33. The molecule has 0 atom stereocenters. The summed E-state index contributed by atoms with van der Waals surface area (Å²) in [6.07, 6.45) is 1.98. The first-order chi connectivity index (χ1) is 12.2. The Morgan fingerprint density at radius 2 is 2.00 bits per heavy atom. The van der Waals surface area contributed by atoms with Crippen molar-refractivity contribution in [3.63, 3.8) is 0 Å². The maximum atomic E-state index is 12.6. The first-order valence-electron chi connectivity index (χ1n) is 8.59. The van der Waals surface area contributed by atoms with Gasteiger partial charge in [0.15, 0.2) is 5.58 Å². The molecular weight excluding hydrogens is 336 g/mol. The standard InChI is InChI=1S/C18H20N4O2S/c1-2-5-16-19-14(12-25-16)17(23)21-8-10-22(11-9-21)18-20-13-6-3-4-7-15(13)24-18/h3-4,6-7,12H,2,5,8-11H2,1H3. The maximum absolute atomic E-state index is 12.6. The second-order valence-corrected chi connectivity index (χ2v) is 7.06. The van der Waals surface area contributed by atoms with Crippen LogP contribution in [0.15, 0.2) is 34.1 Å². The molecular formula is C18H20N4O2S. The topological polar surface area (TPSA) is 62.5 Å². The number of rotatable bonds is 4. The van der Waals surface area contributed by atoms with Crippen molar-refractivity contribution in [2.45, 2.75) is 19.8 Å². The Labute approximate surface area is 150 Å². The van der Waals surface area contributed by atoms with Gasteiger partial charge in [-0.1, -0.05) is 19.1 Å². The van der Waals surface area contributed by atoms with Crippen LogP contribution in [-0.2, 0) is 6.42 Å². The van der Waals surface area contributed by atoms with E-state index in [2.05, 4.69) is 21.8 Å². The van der Waals surface area contributed by atoms with Gasteiger partial charge in [-0.25, -0.2) is 4.98 Å². The molecule has 1 aliphatic heterocycles. The van der Waals surface area contributed by atoms with Gasteiger partial charge in [-0.3, -0.25) is 4.79 Å². The van der Waals surface area contributed by atoms with Gasteiger partial charge in [0.25, 0.3) is 11.9 Å². The minimum Gasteiger partial charge on any atom is -0.423 e. The molecule has 0 bridgehead atoms. The Balaban J connectivity index is 1.41. The third-order valence-corrected chi connectivity index (χ3v) is 5.26. The number of hydrogen-bond donors (Lipinski definition) is 0. The zero-order chi connectivity index (χ0) is 17.2. The van der Waals surface area contributed by atoms with E-state index in [1.807, 2.05) is 34.5 Å². The normalized spacial score (nSPS) is 15.1. The second-order valence-electron chi connectivity index (χ2n) is 6.12. The van der Waals surface area contributed by atoms with Crippen molar-refractivity contribution in [1.82, 2.24) is 14.9 Å². The van der Waals surface area contributed by atoms with E-state index in [4.69, 9.17) is 4.42 Å². The predicted molar refractivity (Wildman–Crippen MR) is 98.2 cm³/mol. The lowest BCUT2D eigenvalue weighted by molar-refractivity contribution is 0.0739. The van der Waals surface area contributed by atoms with Crippen LogP contribution in [0.3, 0.4) is 0 Å². The van der Waals surface area contributed by atoms with Gasteiger partial charge in [0.2, 0.25) is 0 Å². The van der Waals surface area contributed by atoms with E-state index < -0.39 is 0 Å². The second kappa shape index (κ2) is 6.84. The summed E-state index contributed by atoms with van der Waals surface area (Å²) in [4.78, 5) is 25.6. The van der Waals surface area contributed by atoms with Crippen LogP contribution in [0, 0.1) is 0 Å². The van der Waals surface area contributed by atoms with Crippen molar-refractivity contribution in [3.8, 4) is 0 Å². The quantitative estimate of drug-likeness (QED) is 0.718. The van der Waals surface area contributed by atoms with E-state index in [1.54, 1.807) is 11.3 Å². The van der Waals surface area contributed by atoms with Gasteiger partial charge in [-0.15, -0.1) is 11.3 Å². The number of carbonyl (C=O) groups excluding carboxylic acids is 1. The highest BCUT2D eigenvalue weighted by Gasteiger charge is 2.26. The van der Waals surface area contributed by atoms with E-state index >= 15 is 0 Å². The molecule has 3 heterocycles. The molecule has 0 radical (unpaired) electrons. The van der Waals surface area contributed by atoms with Crippen LogP contribution in [0.5, 0.6) is 0 Å². The molecule has 1 aliphatic rings. The van der Waals surface area contributed by atoms with E-state index in [0.717, 1.165) is 28.9 Å². The Morgan fingerprint density at radius 3 is 2.76 bits per heavy atom. The van der Waals surface area contributed by atoms with Crippen molar-refractivity contribution < 1.29 is 9.21 Å². The van der Waals surface area contributed by atoms with Gasteiger partial charge in [-0.2, -0.15) is 4.98 Å². The molecule has 7 heteroatoms. The summed E-state index contributed by atoms with van der Waals surface area (Å²) >= 11 is 1.57. The highest BCUT2D eigenvalue weighted by atomic mass is 32.1. The van der Waals surface area contributed by atoms with Crippen LogP contribution >= 0.6 is 11.3 Å². The number of hydrogen-bond acceptors (Lipinski definition) is 6. The fraction of sp³-hybridized carbons (Fsp3) is 0.389. The van der Waals surface area contributed by atoms with E-state index in [0.29, 0.717) is 37.9 Å². The van der Waals surface area contributed by atoms with Gasteiger partial charge >= 0.3 is 0 Å². The number of nitrogens with zero attached hydrogens (tertiary/aromatic N) is 4. The number of aromatic nitrogens is 2. The molecule has 0 N–H and O–H groups in total. The third-order valence-electron chi connectivity index (χ3n) is 4.35. The number of thiazole rings is 1. The fourth-order valence-electron chi connectivity index (χ4n) is 3.00. The van der Waals surface area contributed by atoms with Crippen molar-refractivity contribution >= 4 is 34.4 Å². The summed E-state index contributed by atoms with van der Waals surface area (Å²) in [6, 6.07) is 8.38. The van der Waals surface area contributed by atoms with Crippen molar-refractivity contribution in [1.29, 1.82) is 0 Å². The van der Waals surface area contributed by atoms with E-state index in [1.165, 1.54) is 0 Å². The Bertz CT molecular complexity index is 847. The lowest BCUT2D eigenvalue weighted by atomic mass is 10.3. The summed E-state index contributed by atoms with van der Waals surface area (Å²) in [5.41, 5.74) is 2.23. The first kappa shape index (κ1) is 16.1. The highest BCUT2D eigenvalue weighted by molar-refractivity contribution is 7.09. The number of amides is 1. The van der Waals surface area contributed by atoms with Gasteiger partial charge in [0.05, 0.1) is 5.01 Å². The van der Waals surface area contributed by atoms with Gasteiger partial charge in [0.1, 0.15) is 11.2 Å². The van der Waals surface area contributed by atoms with Crippen LogP contribution in [0.4, 0.5) is 6.01 Å². The maximum Gasteiger partial charge on any atom is 0.298 e. The average molecular weight is 356 g/mol. The number of para-hydroxylation sites is 2. The molecule has 0 spiro atoms. The monoisotopic (exact) mass is 356 g/mol. The molecule has 0 saturated carbocycles. The summed E-state index contributed by atoms with van der Waals surface area (Å²) in [6.45, 7) is 4.85. The van der Waals surface area contributed by atoms with E-state index in [9.17, 15) is 4.79 Å². The molecule has 2 aromatic heterocycles. The minimum atomic E-state index is 0.0239. The fourth-order valence-corrected chi connectivity index (χ4v) is 3.87. The Hall–Kier alpha value is -2.41. The van der Waals surface area contributed by atoms with Crippen molar-refractivity contribution in [3.05, 3.63) is 40.3 Å². The van der Waals surface area contributed by atoms with Gasteiger partial charge < -0.3 is 14.2 Å². The SMILES string of the molecule is CCCc1nc(C(=O)N2CCN(c3nc4ccccc4o3)CC2)cs1. The number of oxazole rings is 1. The molecule has 1 amide bonds. The molecule has 1 aromatic carbocycles. The minimum absolute atomic E-state index is 0.0239. The molecule has 1 saturated heterocycles. The van der Waals surface area contributed by atoms with Crippen LogP contribution < -0.4 is 4.90 Å². The average Bonchev–Trinajstić information content (AvgIpc) is 3.28. The summed E-state index contributed by atoms with van der Waals surface area (Å²) in [5, 5.41) is 2.91. The van der Waals surface area contributed by atoms with Crippen molar-refractivity contribution in [2.24, 2.45) is 0 Å². The molecule has 3 aromatic rings. The number of aryl methyl sites for hydroxylation is 1. The zero-order valence-corrected chi connectivity index (χ0v) is 15.0. The van der Waals surface area contributed by atoms with E-state index in [-0.39, 0.29) is 5.91 Å². The summed E-state index contributed by atoms with van der Waals surface area (Å²) in [5.74, 6) is 0.0239.